The van der Waals surface area contributed by atoms with Gasteiger partial charge in [-0.2, -0.15) is 0 Å². The highest BCUT2D eigenvalue weighted by Crippen LogP contribution is 2.32. The molecule has 1 saturated heterocycles. The van der Waals surface area contributed by atoms with E-state index < -0.39 is 0 Å². The van der Waals surface area contributed by atoms with Crippen LogP contribution in [-0.2, 0) is 4.79 Å². The Hall–Kier alpha value is -2.04. The largest absolute Gasteiger partial charge is 0.371 e. The van der Waals surface area contributed by atoms with E-state index in [9.17, 15) is 9.59 Å². The minimum atomic E-state index is -0.0619. The highest BCUT2D eigenvalue weighted by Gasteiger charge is 2.30. The molecule has 1 saturated carbocycles. The molecule has 0 radical (unpaired) electrons. The van der Waals surface area contributed by atoms with Gasteiger partial charge in [-0.05, 0) is 49.8 Å². The van der Waals surface area contributed by atoms with Gasteiger partial charge in [0.2, 0.25) is 5.91 Å². The molecular weight excluding hydrogens is 302 g/mol. The van der Waals surface area contributed by atoms with Crippen molar-refractivity contribution in [2.45, 2.75) is 39.5 Å². The van der Waals surface area contributed by atoms with E-state index in [4.69, 9.17) is 0 Å². The second-order valence-corrected chi connectivity index (χ2v) is 7.29. The Labute approximate surface area is 143 Å². The van der Waals surface area contributed by atoms with Crippen LogP contribution in [-0.4, -0.2) is 31.4 Å². The van der Waals surface area contributed by atoms with E-state index in [-0.39, 0.29) is 17.7 Å². The summed E-state index contributed by atoms with van der Waals surface area (Å²) in [4.78, 5) is 26.9. The number of hydrogen-bond donors (Lipinski definition) is 2. The van der Waals surface area contributed by atoms with Gasteiger partial charge in [0, 0.05) is 36.9 Å². The lowest BCUT2D eigenvalue weighted by molar-refractivity contribution is -0.117. The second kappa shape index (κ2) is 7.24. The molecular formula is C19H27N3O2. The van der Waals surface area contributed by atoms with Crippen LogP contribution in [0, 0.1) is 11.8 Å². The molecule has 0 atom stereocenters. The van der Waals surface area contributed by atoms with E-state index in [1.165, 1.54) is 0 Å². The number of nitrogens with one attached hydrogen (secondary N) is 2. The normalized spacial score (nSPS) is 17.2. The Balaban J connectivity index is 1.81. The van der Waals surface area contributed by atoms with Gasteiger partial charge in [-0.25, -0.2) is 0 Å². The van der Waals surface area contributed by atoms with Gasteiger partial charge in [0.05, 0.1) is 5.56 Å². The molecule has 130 valence electrons. The van der Waals surface area contributed by atoms with Crippen molar-refractivity contribution in [2.24, 2.45) is 11.8 Å². The van der Waals surface area contributed by atoms with Crippen LogP contribution in [0.2, 0.25) is 0 Å². The molecule has 0 aromatic heterocycles. The summed E-state index contributed by atoms with van der Waals surface area (Å²) in [7, 11) is 0. The molecule has 2 N–H and O–H groups in total. The predicted octanol–water partition coefficient (Wildman–Crippen LogP) is 3.02. The summed E-state index contributed by atoms with van der Waals surface area (Å²) in [6.07, 6.45) is 4.26. The molecule has 2 aliphatic rings. The number of nitrogens with zero attached hydrogens (tertiary/aromatic N) is 1. The number of benzene rings is 1. The van der Waals surface area contributed by atoms with E-state index >= 15 is 0 Å². The summed E-state index contributed by atoms with van der Waals surface area (Å²) >= 11 is 0. The fraction of sp³-hybridized carbons (Fsp3) is 0.579. The topological polar surface area (TPSA) is 61.4 Å². The number of carbonyl (C=O) groups excluding carboxylic acids is 2. The average molecular weight is 329 g/mol. The van der Waals surface area contributed by atoms with Crippen molar-refractivity contribution in [1.82, 2.24) is 5.32 Å². The summed E-state index contributed by atoms with van der Waals surface area (Å²) in [5.41, 5.74) is 2.34. The molecule has 0 spiro atoms. The van der Waals surface area contributed by atoms with Crippen molar-refractivity contribution in [3.8, 4) is 0 Å². The first-order chi connectivity index (χ1) is 11.5. The SMILES string of the molecule is CC(C)CNC(=O)c1cc(NC(=O)C2CC2)ccc1N1CCCC1. The van der Waals surface area contributed by atoms with E-state index in [1.807, 2.05) is 18.2 Å². The van der Waals surface area contributed by atoms with Crippen LogP contribution in [0.25, 0.3) is 0 Å². The number of hydrogen-bond acceptors (Lipinski definition) is 3. The molecule has 1 heterocycles. The zero-order valence-electron chi connectivity index (χ0n) is 14.6. The van der Waals surface area contributed by atoms with Crippen molar-refractivity contribution in [2.75, 3.05) is 29.9 Å². The first kappa shape index (κ1) is 16.8. The summed E-state index contributed by atoms with van der Waals surface area (Å²) < 4.78 is 0. The summed E-state index contributed by atoms with van der Waals surface area (Å²) in [5, 5.41) is 5.94. The van der Waals surface area contributed by atoms with Crippen LogP contribution in [0.15, 0.2) is 18.2 Å². The average Bonchev–Trinajstić information content (AvgIpc) is 3.28. The van der Waals surface area contributed by atoms with Crippen LogP contribution in [0.3, 0.4) is 0 Å². The molecule has 2 fully saturated rings. The lowest BCUT2D eigenvalue weighted by Gasteiger charge is -2.22. The first-order valence-corrected chi connectivity index (χ1v) is 9.02. The van der Waals surface area contributed by atoms with Gasteiger partial charge in [0.25, 0.3) is 5.91 Å². The van der Waals surface area contributed by atoms with Gasteiger partial charge in [0.15, 0.2) is 0 Å². The molecule has 0 bridgehead atoms. The fourth-order valence-electron chi connectivity index (χ4n) is 3.01. The lowest BCUT2D eigenvalue weighted by atomic mass is 10.1. The minimum absolute atomic E-state index is 0.0619. The maximum Gasteiger partial charge on any atom is 0.253 e. The monoisotopic (exact) mass is 329 g/mol. The molecule has 3 rings (SSSR count). The predicted molar refractivity (Wildman–Crippen MR) is 96.4 cm³/mol. The Kier molecular flexibility index (Phi) is 5.07. The van der Waals surface area contributed by atoms with Crippen molar-refractivity contribution < 1.29 is 9.59 Å². The smallest absolute Gasteiger partial charge is 0.253 e. The zero-order valence-corrected chi connectivity index (χ0v) is 14.6. The van der Waals surface area contributed by atoms with Gasteiger partial charge >= 0.3 is 0 Å². The number of rotatable bonds is 6. The van der Waals surface area contributed by atoms with Gasteiger partial charge < -0.3 is 15.5 Å². The molecule has 1 aromatic carbocycles. The molecule has 2 amide bonds. The van der Waals surface area contributed by atoms with Crippen molar-refractivity contribution in [3.63, 3.8) is 0 Å². The third kappa shape index (κ3) is 4.08. The Morgan fingerprint density at radius 2 is 1.92 bits per heavy atom. The van der Waals surface area contributed by atoms with Gasteiger partial charge in [-0.1, -0.05) is 13.8 Å². The third-order valence-corrected chi connectivity index (χ3v) is 4.57. The van der Waals surface area contributed by atoms with Crippen LogP contribution in [0.5, 0.6) is 0 Å². The van der Waals surface area contributed by atoms with Gasteiger partial charge in [0.1, 0.15) is 0 Å². The Morgan fingerprint density at radius 3 is 2.54 bits per heavy atom. The van der Waals surface area contributed by atoms with Crippen molar-refractivity contribution in [1.29, 1.82) is 0 Å². The number of carbonyl (C=O) groups is 2. The third-order valence-electron chi connectivity index (χ3n) is 4.57. The highest BCUT2D eigenvalue weighted by molar-refractivity contribution is 6.02. The molecule has 1 aromatic rings. The van der Waals surface area contributed by atoms with Gasteiger partial charge in [-0.3, -0.25) is 9.59 Å². The summed E-state index contributed by atoms with van der Waals surface area (Å²) in [5.74, 6) is 0.564. The van der Waals surface area contributed by atoms with Crippen molar-refractivity contribution >= 4 is 23.2 Å². The van der Waals surface area contributed by atoms with Gasteiger partial charge in [-0.15, -0.1) is 0 Å². The first-order valence-electron chi connectivity index (χ1n) is 9.02. The maximum absolute atomic E-state index is 12.7. The molecule has 1 aliphatic carbocycles. The van der Waals surface area contributed by atoms with Crippen LogP contribution in [0.4, 0.5) is 11.4 Å². The highest BCUT2D eigenvalue weighted by atomic mass is 16.2. The lowest BCUT2D eigenvalue weighted by Crippen LogP contribution is -2.30. The van der Waals surface area contributed by atoms with Crippen molar-refractivity contribution in [3.05, 3.63) is 23.8 Å². The summed E-state index contributed by atoms with van der Waals surface area (Å²) in [6.45, 7) is 6.77. The van der Waals surface area contributed by atoms with E-state index in [2.05, 4.69) is 29.4 Å². The van der Waals surface area contributed by atoms with E-state index in [0.29, 0.717) is 23.7 Å². The number of amides is 2. The minimum Gasteiger partial charge on any atom is -0.371 e. The fourth-order valence-corrected chi connectivity index (χ4v) is 3.01. The Morgan fingerprint density at radius 1 is 1.21 bits per heavy atom. The molecule has 5 heteroatoms. The molecule has 1 aliphatic heterocycles. The Bertz CT molecular complexity index is 617. The van der Waals surface area contributed by atoms with E-state index in [1.54, 1.807) is 0 Å². The maximum atomic E-state index is 12.7. The molecule has 5 nitrogen and oxygen atoms in total. The molecule has 0 unspecified atom stereocenters. The quantitative estimate of drug-likeness (QED) is 0.843. The van der Waals surface area contributed by atoms with Crippen LogP contribution >= 0.6 is 0 Å². The number of anilines is 2. The second-order valence-electron chi connectivity index (χ2n) is 7.29. The standard InChI is InChI=1S/C19H27N3O2/c1-13(2)12-20-19(24)16-11-15(21-18(23)14-5-6-14)7-8-17(16)22-9-3-4-10-22/h7-8,11,13-14H,3-6,9-10,12H2,1-2H3,(H,20,24)(H,21,23). The zero-order chi connectivity index (χ0) is 17.1. The van der Waals surface area contributed by atoms with Crippen LogP contribution < -0.4 is 15.5 Å². The molecule has 24 heavy (non-hydrogen) atoms. The van der Waals surface area contributed by atoms with E-state index in [0.717, 1.165) is 44.5 Å². The summed E-state index contributed by atoms with van der Waals surface area (Å²) in [6, 6.07) is 5.70. The van der Waals surface area contributed by atoms with Crippen LogP contribution in [0.1, 0.15) is 49.9 Å².